The molecule has 2 aromatic heterocycles. The van der Waals surface area contributed by atoms with Crippen LogP contribution in [0.15, 0.2) is 30.5 Å². The zero-order valence-electron chi connectivity index (χ0n) is 13.0. The van der Waals surface area contributed by atoms with E-state index in [1.807, 2.05) is 25.1 Å². The molecule has 3 aromatic rings. The highest BCUT2D eigenvalue weighted by Gasteiger charge is 2.22. The summed E-state index contributed by atoms with van der Waals surface area (Å²) in [5.74, 6) is -0.160. The molecule has 1 amide bonds. The van der Waals surface area contributed by atoms with Crippen LogP contribution in [-0.2, 0) is 6.54 Å². The molecular weight excluding hydrogens is 350 g/mol. The van der Waals surface area contributed by atoms with Gasteiger partial charge in [0, 0.05) is 16.1 Å². The molecule has 0 aliphatic rings. The van der Waals surface area contributed by atoms with Crippen molar-refractivity contribution in [2.24, 2.45) is 0 Å². The molecular formula is C15H14ClN5O2S. The molecule has 1 N–H and O–H groups in total. The average Bonchev–Trinajstić information content (AvgIpc) is 3.15. The van der Waals surface area contributed by atoms with E-state index in [0.29, 0.717) is 16.7 Å². The van der Waals surface area contributed by atoms with E-state index < -0.39 is 5.91 Å². The topological polar surface area (TPSA) is 81.9 Å². The molecule has 9 heteroatoms. The number of carbonyl (C=O) groups is 1. The molecule has 0 saturated heterocycles. The second kappa shape index (κ2) is 6.98. The molecule has 0 aliphatic heterocycles. The van der Waals surface area contributed by atoms with Crippen molar-refractivity contribution in [3.63, 3.8) is 0 Å². The van der Waals surface area contributed by atoms with E-state index >= 15 is 0 Å². The van der Waals surface area contributed by atoms with Crippen molar-refractivity contribution in [3.8, 4) is 5.88 Å². The van der Waals surface area contributed by atoms with Crippen molar-refractivity contribution in [2.45, 2.75) is 13.5 Å². The zero-order valence-corrected chi connectivity index (χ0v) is 14.6. The third-order valence-electron chi connectivity index (χ3n) is 3.22. The van der Waals surface area contributed by atoms with Crippen LogP contribution in [0.1, 0.15) is 20.9 Å². The molecule has 3 rings (SSSR count). The number of methoxy groups -OCH3 is 1. The van der Waals surface area contributed by atoms with E-state index in [0.717, 1.165) is 10.4 Å². The first kappa shape index (κ1) is 16.4. The Kier molecular flexibility index (Phi) is 4.77. The van der Waals surface area contributed by atoms with Gasteiger partial charge in [-0.2, -0.15) is 0 Å². The second-order valence-electron chi connectivity index (χ2n) is 4.93. The first-order valence-electron chi connectivity index (χ1n) is 7.03. The molecule has 0 fully saturated rings. The molecule has 7 nitrogen and oxygen atoms in total. The third kappa shape index (κ3) is 3.39. The Morgan fingerprint density at radius 2 is 2.21 bits per heavy atom. The number of rotatable bonds is 5. The van der Waals surface area contributed by atoms with Crippen LogP contribution >= 0.6 is 22.9 Å². The first-order chi connectivity index (χ1) is 11.6. The van der Waals surface area contributed by atoms with E-state index in [-0.39, 0.29) is 11.6 Å². The van der Waals surface area contributed by atoms with Gasteiger partial charge in [-0.3, -0.25) is 10.1 Å². The maximum absolute atomic E-state index is 12.4. The van der Waals surface area contributed by atoms with E-state index in [1.54, 1.807) is 12.3 Å². The zero-order chi connectivity index (χ0) is 17.1. The summed E-state index contributed by atoms with van der Waals surface area (Å²) in [4.78, 5) is 17.5. The molecule has 0 spiro atoms. The van der Waals surface area contributed by atoms with Crippen molar-refractivity contribution in [3.05, 3.63) is 51.6 Å². The monoisotopic (exact) mass is 363 g/mol. The SMILES string of the molecule is COc1c(C(=O)Nc2ncc(C)s2)nnn1Cc1ccccc1Cl. The highest BCUT2D eigenvalue weighted by atomic mass is 35.5. The minimum atomic E-state index is -0.424. The Hall–Kier alpha value is -2.45. The summed E-state index contributed by atoms with van der Waals surface area (Å²) < 4.78 is 6.80. The van der Waals surface area contributed by atoms with Gasteiger partial charge in [-0.25, -0.2) is 9.67 Å². The molecule has 0 bridgehead atoms. The number of benzene rings is 1. The molecule has 0 radical (unpaired) electrons. The predicted octanol–water partition coefficient (Wildman–Crippen LogP) is 3.01. The van der Waals surface area contributed by atoms with Crippen LogP contribution in [0.4, 0.5) is 5.13 Å². The van der Waals surface area contributed by atoms with E-state index in [4.69, 9.17) is 16.3 Å². The number of aromatic nitrogens is 4. The van der Waals surface area contributed by atoms with Gasteiger partial charge in [-0.05, 0) is 18.6 Å². The molecule has 0 atom stereocenters. The summed E-state index contributed by atoms with van der Waals surface area (Å²) in [7, 11) is 1.46. The summed E-state index contributed by atoms with van der Waals surface area (Å²) in [6.07, 6.45) is 1.69. The van der Waals surface area contributed by atoms with Gasteiger partial charge in [0.2, 0.25) is 11.6 Å². The lowest BCUT2D eigenvalue weighted by molar-refractivity contribution is 0.101. The van der Waals surface area contributed by atoms with Gasteiger partial charge in [-0.1, -0.05) is 35.0 Å². The minimum Gasteiger partial charge on any atom is -0.479 e. The smallest absolute Gasteiger partial charge is 0.283 e. The Morgan fingerprint density at radius 3 is 2.88 bits per heavy atom. The number of hydrogen-bond donors (Lipinski definition) is 1. The Balaban J connectivity index is 1.84. The largest absolute Gasteiger partial charge is 0.479 e. The quantitative estimate of drug-likeness (QED) is 0.753. The molecule has 2 heterocycles. The van der Waals surface area contributed by atoms with Crippen LogP contribution in [0.2, 0.25) is 5.02 Å². The molecule has 0 saturated carbocycles. The number of ether oxygens (including phenoxy) is 1. The summed E-state index contributed by atoms with van der Waals surface area (Å²) >= 11 is 7.54. The maximum atomic E-state index is 12.4. The molecule has 1 aromatic carbocycles. The van der Waals surface area contributed by atoms with E-state index in [1.165, 1.54) is 23.1 Å². The standard InChI is InChI=1S/C15H14ClN5O2S/c1-9-7-17-15(24-9)18-13(22)12-14(23-2)21(20-19-12)8-10-5-3-4-6-11(10)16/h3-7H,8H2,1-2H3,(H,17,18,22). The number of nitrogens with one attached hydrogen (secondary N) is 1. The number of hydrogen-bond acceptors (Lipinski definition) is 6. The van der Waals surface area contributed by atoms with Gasteiger partial charge in [0.15, 0.2) is 5.13 Å². The minimum absolute atomic E-state index is 0.0948. The van der Waals surface area contributed by atoms with Gasteiger partial charge in [0.05, 0.1) is 13.7 Å². The fourth-order valence-corrected chi connectivity index (χ4v) is 2.96. The number of amides is 1. The summed E-state index contributed by atoms with van der Waals surface area (Å²) in [6, 6.07) is 7.39. The van der Waals surface area contributed by atoms with Crippen molar-refractivity contribution in [2.75, 3.05) is 12.4 Å². The van der Waals surface area contributed by atoms with Gasteiger partial charge in [0.1, 0.15) is 0 Å². The number of anilines is 1. The highest BCUT2D eigenvalue weighted by molar-refractivity contribution is 7.15. The van der Waals surface area contributed by atoms with E-state index in [9.17, 15) is 4.79 Å². The Labute approximate surface area is 147 Å². The van der Waals surface area contributed by atoms with Crippen molar-refractivity contribution in [1.82, 2.24) is 20.0 Å². The number of aryl methyl sites for hydroxylation is 1. The number of nitrogens with zero attached hydrogens (tertiary/aromatic N) is 4. The predicted molar refractivity (Wildman–Crippen MR) is 91.9 cm³/mol. The average molecular weight is 364 g/mol. The molecule has 0 aliphatic carbocycles. The highest BCUT2D eigenvalue weighted by Crippen LogP contribution is 2.23. The molecule has 24 heavy (non-hydrogen) atoms. The summed E-state index contributed by atoms with van der Waals surface area (Å²) in [5, 5.41) is 11.7. The van der Waals surface area contributed by atoms with Gasteiger partial charge >= 0.3 is 0 Å². The maximum Gasteiger partial charge on any atom is 0.283 e. The third-order valence-corrected chi connectivity index (χ3v) is 4.41. The molecule has 124 valence electrons. The van der Waals surface area contributed by atoms with Crippen LogP contribution in [0.25, 0.3) is 0 Å². The number of halogens is 1. The number of thiazole rings is 1. The van der Waals surface area contributed by atoms with Gasteiger partial charge in [0.25, 0.3) is 5.91 Å². The van der Waals surface area contributed by atoms with Crippen molar-refractivity contribution in [1.29, 1.82) is 0 Å². The van der Waals surface area contributed by atoms with Crippen LogP contribution in [0.3, 0.4) is 0 Å². The van der Waals surface area contributed by atoms with Crippen LogP contribution < -0.4 is 10.1 Å². The fourth-order valence-electron chi connectivity index (χ4n) is 2.11. The second-order valence-corrected chi connectivity index (χ2v) is 6.57. The first-order valence-corrected chi connectivity index (χ1v) is 8.22. The summed E-state index contributed by atoms with van der Waals surface area (Å²) in [6.45, 7) is 2.26. The Morgan fingerprint density at radius 1 is 1.42 bits per heavy atom. The van der Waals surface area contributed by atoms with Gasteiger partial charge in [-0.15, -0.1) is 16.4 Å². The van der Waals surface area contributed by atoms with Crippen LogP contribution in [0.5, 0.6) is 5.88 Å². The molecule has 0 unspecified atom stereocenters. The number of carbonyl (C=O) groups excluding carboxylic acids is 1. The van der Waals surface area contributed by atoms with Crippen LogP contribution in [0, 0.1) is 6.92 Å². The lowest BCUT2D eigenvalue weighted by atomic mass is 10.2. The summed E-state index contributed by atoms with van der Waals surface area (Å²) in [5.41, 5.74) is 0.947. The van der Waals surface area contributed by atoms with Crippen molar-refractivity contribution < 1.29 is 9.53 Å². The fraction of sp³-hybridized carbons (Fsp3) is 0.200. The van der Waals surface area contributed by atoms with E-state index in [2.05, 4.69) is 20.6 Å². The lowest BCUT2D eigenvalue weighted by Crippen LogP contribution is -2.14. The normalized spacial score (nSPS) is 10.6. The van der Waals surface area contributed by atoms with Crippen molar-refractivity contribution >= 4 is 34.0 Å². The lowest BCUT2D eigenvalue weighted by Gasteiger charge is -2.07. The van der Waals surface area contributed by atoms with Crippen LogP contribution in [-0.4, -0.2) is 33.0 Å². The van der Waals surface area contributed by atoms with Gasteiger partial charge < -0.3 is 4.74 Å². The Bertz CT molecular complexity index is 876.